The molecule has 2 heterocycles. The molecule has 0 aliphatic heterocycles. The normalized spacial score (nSPS) is 13.2. The van der Waals surface area contributed by atoms with Crippen molar-refractivity contribution in [2.75, 3.05) is 7.05 Å². The number of H-pyrrole nitrogens is 1. The van der Waals surface area contributed by atoms with Crippen molar-refractivity contribution in [2.24, 2.45) is 17.8 Å². The first-order valence-electron chi connectivity index (χ1n) is 8.88. The Morgan fingerprint density at radius 2 is 2.04 bits per heavy atom. The lowest BCUT2D eigenvalue weighted by Crippen LogP contribution is -2.24. The molecular formula is C21H23N5O2. The molecule has 0 aliphatic carbocycles. The van der Waals surface area contributed by atoms with Gasteiger partial charge < -0.3 is 20.6 Å². The van der Waals surface area contributed by atoms with Crippen LogP contribution in [0.2, 0.25) is 0 Å². The molecule has 28 heavy (non-hydrogen) atoms. The Hall–Kier alpha value is -3.61. The van der Waals surface area contributed by atoms with E-state index in [9.17, 15) is 9.59 Å². The Labute approximate surface area is 162 Å². The van der Waals surface area contributed by atoms with Crippen LogP contribution in [-0.4, -0.2) is 28.7 Å². The molecule has 1 amide bonds. The predicted molar refractivity (Wildman–Crippen MR) is 112 cm³/mol. The Balaban J connectivity index is 2.09. The van der Waals surface area contributed by atoms with E-state index in [0.29, 0.717) is 11.2 Å². The number of benzene rings is 1. The van der Waals surface area contributed by atoms with Gasteiger partial charge in [-0.3, -0.25) is 14.6 Å². The highest BCUT2D eigenvalue weighted by molar-refractivity contribution is 6.01. The molecule has 3 aromatic rings. The molecule has 3 rings (SSSR count). The number of nitrogens with one attached hydrogen (secondary N) is 2. The lowest BCUT2D eigenvalue weighted by molar-refractivity contribution is 0.0964. The summed E-state index contributed by atoms with van der Waals surface area (Å²) in [6.07, 6.45) is 4.53. The maximum Gasteiger partial charge on any atom is 0.274 e. The van der Waals surface area contributed by atoms with Crippen LogP contribution in [0.3, 0.4) is 0 Å². The van der Waals surface area contributed by atoms with E-state index in [0.717, 1.165) is 16.5 Å². The molecule has 0 radical (unpaired) electrons. The Bertz CT molecular complexity index is 1120. The molecule has 2 aromatic heterocycles. The Morgan fingerprint density at radius 3 is 2.68 bits per heavy atom. The van der Waals surface area contributed by atoms with Gasteiger partial charge in [0.1, 0.15) is 11.2 Å². The van der Waals surface area contributed by atoms with Crippen LogP contribution in [0.25, 0.3) is 10.9 Å². The maximum absolute atomic E-state index is 12.6. The van der Waals surface area contributed by atoms with E-state index in [1.807, 2.05) is 36.5 Å². The highest BCUT2D eigenvalue weighted by Gasteiger charge is 2.19. The second-order valence-corrected chi connectivity index (χ2v) is 6.57. The average molecular weight is 377 g/mol. The zero-order valence-electron chi connectivity index (χ0n) is 16.1. The smallest absolute Gasteiger partial charge is 0.274 e. The summed E-state index contributed by atoms with van der Waals surface area (Å²) < 4.78 is 1.53. The van der Waals surface area contributed by atoms with Gasteiger partial charge in [-0.15, -0.1) is 0 Å². The summed E-state index contributed by atoms with van der Waals surface area (Å²) in [7, 11) is 3.29. The van der Waals surface area contributed by atoms with Gasteiger partial charge in [0.05, 0.1) is 5.70 Å². The first kappa shape index (κ1) is 19.2. The third-order valence-electron chi connectivity index (χ3n) is 4.71. The van der Waals surface area contributed by atoms with Gasteiger partial charge in [-0.1, -0.05) is 37.3 Å². The maximum atomic E-state index is 12.6. The van der Waals surface area contributed by atoms with Crippen LogP contribution in [0.5, 0.6) is 0 Å². The number of aromatic nitrogens is 2. The fourth-order valence-electron chi connectivity index (χ4n) is 3.21. The molecular weight excluding hydrogens is 354 g/mol. The number of aromatic amines is 1. The van der Waals surface area contributed by atoms with E-state index in [4.69, 9.17) is 5.73 Å². The van der Waals surface area contributed by atoms with Crippen LogP contribution in [0.1, 0.15) is 34.5 Å². The highest BCUT2D eigenvalue weighted by atomic mass is 16.2. The summed E-state index contributed by atoms with van der Waals surface area (Å²) in [5.41, 5.74) is 8.45. The number of pyridine rings is 1. The molecule has 7 heteroatoms. The van der Waals surface area contributed by atoms with E-state index >= 15 is 0 Å². The van der Waals surface area contributed by atoms with Crippen LogP contribution in [0.4, 0.5) is 0 Å². The lowest BCUT2D eigenvalue weighted by atomic mass is 9.92. The number of nitrogens with zero attached hydrogens (tertiary/aromatic N) is 2. The van der Waals surface area contributed by atoms with Crippen molar-refractivity contribution >= 4 is 23.0 Å². The summed E-state index contributed by atoms with van der Waals surface area (Å²) in [4.78, 5) is 32.0. The molecule has 0 saturated heterocycles. The number of hydrogen-bond acceptors (Lipinski definition) is 4. The largest absolute Gasteiger partial charge is 0.403 e. The van der Waals surface area contributed by atoms with E-state index in [2.05, 4.69) is 22.2 Å². The molecule has 1 aromatic carbocycles. The Kier molecular flexibility index (Phi) is 5.44. The first-order chi connectivity index (χ1) is 13.5. The molecule has 0 saturated carbocycles. The fraction of sp³-hybridized carbons (Fsp3) is 0.190. The second kappa shape index (κ2) is 7.96. The summed E-state index contributed by atoms with van der Waals surface area (Å²) in [5.74, 6) is -0.345. The molecule has 1 unspecified atom stereocenters. The zero-order chi connectivity index (χ0) is 20.3. The molecule has 144 valence electrons. The predicted octanol–water partition coefficient (Wildman–Crippen LogP) is 2.25. The number of amides is 1. The molecule has 1 atom stereocenters. The molecule has 7 nitrogen and oxygen atoms in total. The topological polar surface area (TPSA) is 105 Å². The average Bonchev–Trinajstić information content (AvgIpc) is 3.16. The number of aryl methyl sites for hydroxylation is 1. The van der Waals surface area contributed by atoms with E-state index in [1.54, 1.807) is 20.2 Å². The molecule has 4 N–H and O–H groups in total. The number of rotatable bonds is 5. The number of allylic oxidation sites excluding steroid dienone is 1. The number of aliphatic imine (C=N–C) groups is 1. The minimum atomic E-state index is -0.395. The van der Waals surface area contributed by atoms with Crippen LogP contribution in [0.15, 0.2) is 64.3 Å². The number of carbonyl (C=O) groups excluding carboxylic acids is 1. The van der Waals surface area contributed by atoms with E-state index < -0.39 is 5.91 Å². The minimum absolute atomic E-state index is 0.0499. The summed E-state index contributed by atoms with van der Waals surface area (Å²) in [5, 5.41) is 3.40. The number of fused-ring (bicyclic) bond motifs is 1. The van der Waals surface area contributed by atoms with Crippen molar-refractivity contribution in [3.05, 3.63) is 81.7 Å². The van der Waals surface area contributed by atoms with Crippen molar-refractivity contribution < 1.29 is 4.79 Å². The molecule has 0 spiro atoms. The summed E-state index contributed by atoms with van der Waals surface area (Å²) in [6, 6.07) is 11.7. The van der Waals surface area contributed by atoms with Crippen molar-refractivity contribution in [1.82, 2.24) is 14.9 Å². The monoisotopic (exact) mass is 377 g/mol. The zero-order valence-corrected chi connectivity index (χ0v) is 16.1. The number of carbonyl (C=O) groups is 1. The molecule has 0 bridgehead atoms. The van der Waals surface area contributed by atoms with Gasteiger partial charge in [-0.25, -0.2) is 0 Å². The minimum Gasteiger partial charge on any atom is -0.403 e. The van der Waals surface area contributed by atoms with Gasteiger partial charge >= 0.3 is 0 Å². The molecule has 0 aliphatic rings. The molecule has 0 fully saturated rings. The van der Waals surface area contributed by atoms with E-state index in [1.165, 1.54) is 17.0 Å². The van der Waals surface area contributed by atoms with Crippen LogP contribution in [-0.2, 0) is 7.05 Å². The Morgan fingerprint density at radius 1 is 1.32 bits per heavy atom. The third kappa shape index (κ3) is 3.59. The van der Waals surface area contributed by atoms with Crippen molar-refractivity contribution in [2.45, 2.75) is 12.8 Å². The van der Waals surface area contributed by atoms with Crippen LogP contribution >= 0.6 is 0 Å². The van der Waals surface area contributed by atoms with Crippen LogP contribution < -0.4 is 16.6 Å². The number of nitrogens with two attached hydrogens (primary N) is 1. The summed E-state index contributed by atoms with van der Waals surface area (Å²) in [6.45, 7) is 2.08. The van der Waals surface area contributed by atoms with Gasteiger partial charge in [0.25, 0.3) is 11.5 Å². The van der Waals surface area contributed by atoms with Gasteiger partial charge in [0, 0.05) is 44.0 Å². The summed E-state index contributed by atoms with van der Waals surface area (Å²) >= 11 is 0. The standard InChI is InChI=1S/C21H23N5O2/c1-13(14-7-5-4-6-8-14)17-12-26(3)21(28)19-16(17)9-18(25-19)20(27)24-15(10-22)11-23-2/h4-13,25H,22H2,1-3H3,(H,24,27). The SMILES string of the molecule is CN=CC(=CN)NC(=O)c1cc2c(C(C)c3ccccc3)cn(C)c(=O)c2[nH]1. The highest BCUT2D eigenvalue weighted by Crippen LogP contribution is 2.29. The van der Waals surface area contributed by atoms with Crippen molar-refractivity contribution in [3.8, 4) is 0 Å². The number of hydrogen-bond donors (Lipinski definition) is 3. The van der Waals surface area contributed by atoms with E-state index in [-0.39, 0.29) is 17.2 Å². The van der Waals surface area contributed by atoms with Gasteiger partial charge in [0.2, 0.25) is 0 Å². The van der Waals surface area contributed by atoms with Gasteiger partial charge in [-0.2, -0.15) is 0 Å². The van der Waals surface area contributed by atoms with Crippen LogP contribution in [0, 0.1) is 0 Å². The second-order valence-electron chi connectivity index (χ2n) is 6.57. The van der Waals surface area contributed by atoms with Crippen molar-refractivity contribution in [1.29, 1.82) is 0 Å². The van der Waals surface area contributed by atoms with Crippen molar-refractivity contribution in [3.63, 3.8) is 0 Å². The van der Waals surface area contributed by atoms with Gasteiger partial charge in [-0.05, 0) is 17.2 Å². The quantitative estimate of drug-likeness (QED) is 0.594. The van der Waals surface area contributed by atoms with Gasteiger partial charge in [0.15, 0.2) is 0 Å². The fourth-order valence-corrected chi connectivity index (χ4v) is 3.21. The first-order valence-corrected chi connectivity index (χ1v) is 8.88. The third-order valence-corrected chi connectivity index (χ3v) is 4.71. The lowest BCUT2D eigenvalue weighted by Gasteiger charge is -2.15.